The monoisotopic (exact) mass is 481 g/mol. The molecule has 2 atom stereocenters. The summed E-state index contributed by atoms with van der Waals surface area (Å²) in [5, 5.41) is 1.06. The van der Waals surface area contributed by atoms with Crippen LogP contribution in [0.15, 0.2) is 36.4 Å². The number of hydrogen-bond acceptors (Lipinski definition) is 4. The van der Waals surface area contributed by atoms with Crippen molar-refractivity contribution in [3.05, 3.63) is 64.9 Å². The summed E-state index contributed by atoms with van der Waals surface area (Å²) in [4.78, 5) is 19.7. The molecule has 7 heteroatoms. The van der Waals surface area contributed by atoms with Crippen LogP contribution in [0.2, 0.25) is 0 Å². The average molecular weight is 482 g/mol. The van der Waals surface area contributed by atoms with E-state index >= 15 is 8.78 Å². The Bertz CT molecular complexity index is 1210. The molecule has 1 fully saturated rings. The lowest BCUT2D eigenvalue weighted by atomic mass is 9.88. The van der Waals surface area contributed by atoms with Gasteiger partial charge >= 0.3 is 0 Å². The first-order chi connectivity index (χ1) is 16.9. The van der Waals surface area contributed by atoms with Crippen molar-refractivity contribution < 1.29 is 18.3 Å². The number of aromatic nitrogens is 1. The van der Waals surface area contributed by atoms with Gasteiger partial charge in [-0.05, 0) is 44.9 Å². The second-order valence-electron chi connectivity index (χ2n) is 10.0. The number of halogens is 2. The fraction of sp³-hybridized carbons (Fsp3) is 0.464. The molecule has 3 heterocycles. The van der Waals surface area contributed by atoms with Gasteiger partial charge in [0, 0.05) is 53.4 Å². The largest absolute Gasteiger partial charge is 0.488 e. The van der Waals surface area contributed by atoms with E-state index in [4.69, 9.17) is 4.74 Å². The van der Waals surface area contributed by atoms with Gasteiger partial charge in [-0.15, -0.1) is 0 Å². The number of para-hydroxylation sites is 1. The Morgan fingerprint density at radius 1 is 1.17 bits per heavy atom. The predicted octanol–water partition coefficient (Wildman–Crippen LogP) is 5.23. The van der Waals surface area contributed by atoms with Crippen molar-refractivity contribution in [3.8, 4) is 5.75 Å². The number of benzene rings is 2. The van der Waals surface area contributed by atoms with E-state index in [1.807, 2.05) is 36.1 Å². The predicted molar refractivity (Wildman–Crippen MR) is 133 cm³/mol. The van der Waals surface area contributed by atoms with Crippen molar-refractivity contribution in [1.82, 2.24) is 14.8 Å². The Balaban J connectivity index is 1.49. The molecule has 186 valence electrons. The smallest absolute Gasteiger partial charge is 0.143 e. The Kier molecular flexibility index (Phi) is 6.64. The van der Waals surface area contributed by atoms with E-state index in [2.05, 4.69) is 16.8 Å². The zero-order valence-corrected chi connectivity index (χ0v) is 20.6. The third kappa shape index (κ3) is 4.59. The summed E-state index contributed by atoms with van der Waals surface area (Å²) in [6.45, 7) is 8.37. The van der Waals surface area contributed by atoms with E-state index in [1.165, 1.54) is 19.1 Å². The van der Waals surface area contributed by atoms with Gasteiger partial charge in [0.1, 0.15) is 29.3 Å². The van der Waals surface area contributed by atoms with Crippen molar-refractivity contribution in [3.63, 3.8) is 0 Å². The topological polar surface area (TPSA) is 48.6 Å². The first kappa shape index (κ1) is 23.9. The SMILES string of the molecule is CCCCN1CC(Oc2cc(F)c([C@@H]3c4[nH]c5ccccc5c4C[C@@H](C)N3CC(C)=O)c(F)c2)C1. The van der Waals surface area contributed by atoms with Crippen LogP contribution in [-0.4, -0.2) is 58.9 Å². The molecular formula is C28H33F2N3O2. The first-order valence-corrected chi connectivity index (χ1v) is 12.6. The van der Waals surface area contributed by atoms with E-state index in [0.717, 1.165) is 54.6 Å². The minimum Gasteiger partial charge on any atom is -0.488 e. The number of nitrogens with one attached hydrogen (secondary N) is 1. The van der Waals surface area contributed by atoms with Crippen molar-refractivity contribution in [2.24, 2.45) is 0 Å². The molecule has 2 aliphatic rings. The van der Waals surface area contributed by atoms with Crippen LogP contribution in [0.1, 0.15) is 56.5 Å². The van der Waals surface area contributed by atoms with Crippen molar-refractivity contribution in [1.29, 1.82) is 0 Å². The molecule has 3 aromatic rings. The van der Waals surface area contributed by atoms with Crippen molar-refractivity contribution in [2.75, 3.05) is 26.2 Å². The van der Waals surface area contributed by atoms with E-state index in [1.54, 1.807) is 0 Å². The third-order valence-electron chi connectivity index (χ3n) is 7.30. The maximum absolute atomic E-state index is 15.6. The second kappa shape index (κ2) is 9.70. The highest BCUT2D eigenvalue weighted by atomic mass is 19.1. The number of unbranched alkanes of at least 4 members (excludes halogenated alkanes) is 1. The van der Waals surface area contributed by atoms with Crippen LogP contribution in [-0.2, 0) is 11.2 Å². The average Bonchev–Trinajstić information content (AvgIpc) is 3.14. The number of hydrogen-bond donors (Lipinski definition) is 1. The standard InChI is InChI=1S/C28H33F2N3O2/c1-4-5-10-32-15-20(16-32)35-19-12-23(29)26(24(30)13-19)28-27-22(11-17(2)33(28)14-18(3)34)21-8-6-7-9-25(21)31-27/h6-9,12-13,17,20,28,31H,4-5,10-11,14-16H2,1-3H3/t17-,28-/m1/s1. The molecule has 1 aromatic heterocycles. The molecule has 0 bridgehead atoms. The highest BCUT2D eigenvalue weighted by molar-refractivity contribution is 5.85. The Labute approximate surface area is 205 Å². The fourth-order valence-corrected chi connectivity index (χ4v) is 5.57. The molecule has 5 rings (SSSR count). The maximum Gasteiger partial charge on any atom is 0.143 e. The van der Waals surface area contributed by atoms with Crippen LogP contribution in [0.4, 0.5) is 8.78 Å². The van der Waals surface area contributed by atoms with Crippen LogP contribution >= 0.6 is 0 Å². The number of fused-ring (bicyclic) bond motifs is 3. The normalized spacial score (nSPS) is 21.2. The summed E-state index contributed by atoms with van der Waals surface area (Å²) in [5.41, 5.74) is 2.69. The quantitative estimate of drug-likeness (QED) is 0.478. The lowest BCUT2D eigenvalue weighted by molar-refractivity contribution is -0.119. The highest BCUT2D eigenvalue weighted by Gasteiger charge is 2.39. The summed E-state index contributed by atoms with van der Waals surface area (Å²) < 4.78 is 37.2. The zero-order valence-electron chi connectivity index (χ0n) is 20.6. The third-order valence-corrected chi connectivity index (χ3v) is 7.30. The number of Topliss-reactive ketones (excluding diaryl/α,β-unsaturated/α-hetero) is 1. The summed E-state index contributed by atoms with van der Waals surface area (Å²) in [5.74, 6) is -1.14. The van der Waals surface area contributed by atoms with Gasteiger partial charge in [-0.2, -0.15) is 0 Å². The molecule has 0 aliphatic carbocycles. The van der Waals surface area contributed by atoms with Gasteiger partial charge in [0.05, 0.1) is 12.6 Å². The van der Waals surface area contributed by atoms with Crippen LogP contribution in [0.5, 0.6) is 5.75 Å². The molecule has 2 aromatic carbocycles. The number of carbonyl (C=O) groups is 1. The number of ether oxygens (including phenoxy) is 1. The first-order valence-electron chi connectivity index (χ1n) is 12.6. The van der Waals surface area contributed by atoms with E-state index in [9.17, 15) is 4.79 Å². The van der Waals surface area contributed by atoms with Crippen molar-refractivity contribution in [2.45, 2.75) is 58.2 Å². The number of ketones is 1. The van der Waals surface area contributed by atoms with Gasteiger partial charge in [0.25, 0.3) is 0 Å². The summed E-state index contributed by atoms with van der Waals surface area (Å²) in [7, 11) is 0. The highest BCUT2D eigenvalue weighted by Crippen LogP contribution is 2.43. The molecule has 0 radical (unpaired) electrons. The van der Waals surface area contributed by atoms with Crippen molar-refractivity contribution >= 4 is 16.7 Å². The van der Waals surface area contributed by atoms with Crippen LogP contribution in [0, 0.1) is 11.6 Å². The number of aromatic amines is 1. The Hall–Kier alpha value is -2.77. The summed E-state index contributed by atoms with van der Waals surface area (Å²) in [6, 6.07) is 9.70. The number of likely N-dealkylation sites (tertiary alicyclic amines) is 1. The zero-order chi connectivity index (χ0) is 24.7. The molecule has 1 N–H and O–H groups in total. The van der Waals surface area contributed by atoms with E-state index in [0.29, 0.717) is 6.42 Å². The Morgan fingerprint density at radius 2 is 1.89 bits per heavy atom. The van der Waals surface area contributed by atoms with Gasteiger partial charge in [0.2, 0.25) is 0 Å². The lowest BCUT2D eigenvalue weighted by Gasteiger charge is -2.41. The molecule has 35 heavy (non-hydrogen) atoms. The summed E-state index contributed by atoms with van der Waals surface area (Å²) in [6.07, 6.45) is 2.92. The van der Waals surface area contributed by atoms with Gasteiger partial charge in [-0.3, -0.25) is 14.6 Å². The fourth-order valence-electron chi connectivity index (χ4n) is 5.57. The van der Waals surface area contributed by atoms with Gasteiger partial charge in [-0.25, -0.2) is 8.78 Å². The molecular weight excluding hydrogens is 448 g/mol. The molecule has 5 nitrogen and oxygen atoms in total. The molecule has 0 unspecified atom stereocenters. The van der Waals surface area contributed by atoms with Gasteiger partial charge in [-0.1, -0.05) is 31.5 Å². The molecule has 1 saturated heterocycles. The number of nitrogens with zero attached hydrogens (tertiary/aromatic N) is 2. The maximum atomic E-state index is 15.6. The van der Waals surface area contributed by atoms with E-state index in [-0.39, 0.29) is 35.8 Å². The van der Waals surface area contributed by atoms with Gasteiger partial charge < -0.3 is 9.72 Å². The van der Waals surface area contributed by atoms with Crippen LogP contribution in [0.25, 0.3) is 10.9 Å². The molecule has 0 saturated carbocycles. The Morgan fingerprint density at radius 3 is 2.57 bits per heavy atom. The number of rotatable bonds is 8. The van der Waals surface area contributed by atoms with Crippen LogP contribution in [0.3, 0.4) is 0 Å². The minimum atomic E-state index is -0.729. The van der Waals surface area contributed by atoms with Gasteiger partial charge in [0.15, 0.2) is 0 Å². The van der Waals surface area contributed by atoms with Crippen LogP contribution < -0.4 is 4.74 Å². The lowest BCUT2D eigenvalue weighted by Crippen LogP contribution is -2.53. The number of H-pyrrole nitrogens is 1. The van der Waals surface area contributed by atoms with E-state index < -0.39 is 17.7 Å². The number of carbonyl (C=O) groups excluding carboxylic acids is 1. The molecule has 2 aliphatic heterocycles. The molecule has 0 spiro atoms. The summed E-state index contributed by atoms with van der Waals surface area (Å²) >= 11 is 0. The minimum absolute atomic E-state index is 0.0419. The molecule has 0 amide bonds. The second-order valence-corrected chi connectivity index (χ2v) is 10.0.